The Balaban J connectivity index is 1.44. The molecular weight excluding hydrogens is 376 g/mol. The van der Waals surface area contributed by atoms with Crippen LogP contribution in [0.1, 0.15) is 34.5 Å². The molecule has 1 aliphatic rings. The number of carbonyl (C=O) groups is 1. The summed E-state index contributed by atoms with van der Waals surface area (Å²) in [5.41, 5.74) is 3.35. The molecule has 0 atom stereocenters. The molecule has 30 heavy (non-hydrogen) atoms. The average Bonchev–Trinajstić information content (AvgIpc) is 3.30. The number of aromatic nitrogens is 2. The number of amides is 1. The fraction of sp³-hybridized carbons (Fsp3) is 0.217. The van der Waals surface area contributed by atoms with Crippen molar-refractivity contribution in [3.05, 3.63) is 71.4 Å². The summed E-state index contributed by atoms with van der Waals surface area (Å²) < 4.78 is 0. The van der Waals surface area contributed by atoms with Crippen LogP contribution in [0.15, 0.2) is 54.6 Å². The van der Waals surface area contributed by atoms with Crippen molar-refractivity contribution < 1.29 is 4.79 Å². The van der Waals surface area contributed by atoms with Gasteiger partial charge in [-0.1, -0.05) is 6.07 Å². The average molecular weight is 398 g/mol. The summed E-state index contributed by atoms with van der Waals surface area (Å²) in [6.07, 6.45) is 2.35. The molecule has 2 heterocycles. The smallest absolute Gasteiger partial charge is 0.255 e. The monoisotopic (exact) mass is 398 g/mol. The number of benzene rings is 2. The molecule has 7 nitrogen and oxygen atoms in total. The Morgan fingerprint density at radius 2 is 1.77 bits per heavy atom. The third kappa shape index (κ3) is 4.55. The number of aryl methyl sites for hydroxylation is 1. The molecule has 2 N–H and O–H groups in total. The van der Waals surface area contributed by atoms with Gasteiger partial charge in [0.1, 0.15) is 5.82 Å². The van der Waals surface area contributed by atoms with Gasteiger partial charge in [-0.25, -0.2) is 4.98 Å². The molecule has 0 unspecified atom stereocenters. The molecule has 1 aromatic heterocycles. The van der Waals surface area contributed by atoms with E-state index in [4.69, 9.17) is 5.26 Å². The molecular formula is C23H22N6O. The molecule has 0 saturated carbocycles. The van der Waals surface area contributed by atoms with Crippen LogP contribution >= 0.6 is 0 Å². The fourth-order valence-corrected chi connectivity index (χ4v) is 3.39. The number of nitriles is 1. The molecule has 0 radical (unpaired) electrons. The molecule has 0 aliphatic carbocycles. The summed E-state index contributed by atoms with van der Waals surface area (Å²) in [6.45, 7) is 3.95. The van der Waals surface area contributed by atoms with Crippen LogP contribution in [0, 0.1) is 18.3 Å². The highest BCUT2D eigenvalue weighted by molar-refractivity contribution is 6.04. The van der Waals surface area contributed by atoms with Crippen LogP contribution in [0.5, 0.6) is 0 Å². The van der Waals surface area contributed by atoms with E-state index in [1.807, 2.05) is 43.3 Å². The highest BCUT2D eigenvalue weighted by Crippen LogP contribution is 2.22. The first kappa shape index (κ1) is 19.4. The SMILES string of the molecule is Cc1cc(Nc2ccc(NC(=O)c3cccc(C#N)c3)cc2)nc(N2CCCC2)n1. The first-order valence-electron chi connectivity index (χ1n) is 9.90. The van der Waals surface area contributed by atoms with Gasteiger partial charge in [0.25, 0.3) is 5.91 Å². The molecule has 150 valence electrons. The summed E-state index contributed by atoms with van der Waals surface area (Å²) in [5.74, 6) is 1.25. The normalized spacial score (nSPS) is 13.0. The second-order valence-corrected chi connectivity index (χ2v) is 7.24. The summed E-state index contributed by atoms with van der Waals surface area (Å²) in [7, 11) is 0. The summed E-state index contributed by atoms with van der Waals surface area (Å²) >= 11 is 0. The molecule has 1 aliphatic heterocycles. The zero-order valence-corrected chi connectivity index (χ0v) is 16.7. The highest BCUT2D eigenvalue weighted by Gasteiger charge is 2.16. The van der Waals surface area contributed by atoms with Gasteiger partial charge in [-0.05, 0) is 62.2 Å². The van der Waals surface area contributed by atoms with Crippen LogP contribution in [0.3, 0.4) is 0 Å². The molecule has 0 bridgehead atoms. The first-order chi connectivity index (χ1) is 14.6. The lowest BCUT2D eigenvalue weighted by atomic mass is 10.1. The van der Waals surface area contributed by atoms with Crippen LogP contribution in [0.4, 0.5) is 23.1 Å². The molecule has 7 heteroatoms. The molecule has 3 aromatic rings. The Labute approximate surface area is 175 Å². The van der Waals surface area contributed by atoms with Gasteiger partial charge in [0.05, 0.1) is 11.6 Å². The lowest BCUT2D eigenvalue weighted by Gasteiger charge is -2.17. The zero-order valence-electron chi connectivity index (χ0n) is 16.7. The number of nitrogens with one attached hydrogen (secondary N) is 2. The molecule has 0 spiro atoms. The van der Waals surface area contributed by atoms with E-state index in [1.54, 1.807) is 24.3 Å². The Kier molecular flexibility index (Phi) is 5.57. The second kappa shape index (κ2) is 8.62. The van der Waals surface area contributed by atoms with E-state index in [2.05, 4.69) is 25.5 Å². The summed E-state index contributed by atoms with van der Waals surface area (Å²) in [5, 5.41) is 15.1. The van der Waals surface area contributed by atoms with E-state index >= 15 is 0 Å². The van der Waals surface area contributed by atoms with Gasteiger partial charge < -0.3 is 15.5 Å². The largest absolute Gasteiger partial charge is 0.341 e. The molecule has 1 amide bonds. The van der Waals surface area contributed by atoms with E-state index in [0.717, 1.165) is 36.2 Å². The van der Waals surface area contributed by atoms with Crippen molar-refractivity contribution in [2.45, 2.75) is 19.8 Å². The second-order valence-electron chi connectivity index (χ2n) is 7.24. The molecule has 4 rings (SSSR count). The first-order valence-corrected chi connectivity index (χ1v) is 9.90. The minimum Gasteiger partial charge on any atom is -0.341 e. The predicted octanol–water partition coefficient (Wildman–Crippen LogP) is 4.25. The van der Waals surface area contributed by atoms with Crippen molar-refractivity contribution >= 4 is 29.0 Å². The van der Waals surface area contributed by atoms with Crippen molar-refractivity contribution in [1.82, 2.24) is 9.97 Å². The molecule has 2 aromatic carbocycles. The number of carbonyl (C=O) groups excluding carboxylic acids is 1. The zero-order chi connectivity index (χ0) is 20.9. The molecule has 1 fully saturated rings. The number of nitrogens with zero attached hydrogens (tertiary/aromatic N) is 4. The maximum absolute atomic E-state index is 12.4. The quantitative estimate of drug-likeness (QED) is 0.667. The fourth-order valence-electron chi connectivity index (χ4n) is 3.39. The van der Waals surface area contributed by atoms with Gasteiger partial charge in [-0.15, -0.1) is 0 Å². The van der Waals surface area contributed by atoms with Crippen LogP contribution < -0.4 is 15.5 Å². The van der Waals surface area contributed by atoms with E-state index in [0.29, 0.717) is 16.8 Å². The third-order valence-electron chi connectivity index (χ3n) is 4.90. The third-order valence-corrected chi connectivity index (χ3v) is 4.90. The number of rotatable bonds is 5. The van der Waals surface area contributed by atoms with Gasteiger partial charge >= 0.3 is 0 Å². The minimum atomic E-state index is -0.255. The predicted molar refractivity (Wildman–Crippen MR) is 117 cm³/mol. The Bertz CT molecular complexity index is 1100. The lowest BCUT2D eigenvalue weighted by molar-refractivity contribution is 0.102. The Morgan fingerprint density at radius 1 is 1.03 bits per heavy atom. The number of anilines is 4. The standard InChI is InChI=1S/C23H22N6O/c1-16-13-21(28-23(25-16)29-11-2-3-12-29)26-19-7-9-20(10-8-19)27-22(30)18-6-4-5-17(14-18)15-24/h4-10,13-14H,2-3,11-12H2,1H3,(H,27,30)(H,25,26,28). The van der Waals surface area contributed by atoms with Gasteiger partial charge in [-0.3, -0.25) is 4.79 Å². The van der Waals surface area contributed by atoms with Crippen LogP contribution in [-0.2, 0) is 0 Å². The van der Waals surface area contributed by atoms with Crippen molar-refractivity contribution in [3.8, 4) is 6.07 Å². The van der Waals surface area contributed by atoms with Gasteiger partial charge in [0, 0.05) is 41.8 Å². The van der Waals surface area contributed by atoms with E-state index in [1.165, 1.54) is 12.8 Å². The van der Waals surface area contributed by atoms with Crippen LogP contribution in [-0.4, -0.2) is 29.0 Å². The summed E-state index contributed by atoms with van der Waals surface area (Å²) in [6, 6.07) is 18.0. The highest BCUT2D eigenvalue weighted by atomic mass is 16.1. The van der Waals surface area contributed by atoms with E-state index in [9.17, 15) is 4.79 Å². The van der Waals surface area contributed by atoms with Crippen molar-refractivity contribution in [2.24, 2.45) is 0 Å². The van der Waals surface area contributed by atoms with Crippen LogP contribution in [0.25, 0.3) is 0 Å². The summed E-state index contributed by atoms with van der Waals surface area (Å²) in [4.78, 5) is 23.8. The van der Waals surface area contributed by atoms with Crippen molar-refractivity contribution in [3.63, 3.8) is 0 Å². The number of hydrogen-bond acceptors (Lipinski definition) is 6. The topological polar surface area (TPSA) is 93.9 Å². The van der Waals surface area contributed by atoms with Crippen molar-refractivity contribution in [2.75, 3.05) is 28.6 Å². The van der Waals surface area contributed by atoms with Crippen molar-refractivity contribution in [1.29, 1.82) is 5.26 Å². The van der Waals surface area contributed by atoms with Gasteiger partial charge in [0.15, 0.2) is 0 Å². The minimum absolute atomic E-state index is 0.255. The number of hydrogen-bond donors (Lipinski definition) is 2. The van der Waals surface area contributed by atoms with Gasteiger partial charge in [0.2, 0.25) is 5.95 Å². The molecule has 1 saturated heterocycles. The lowest BCUT2D eigenvalue weighted by Crippen LogP contribution is -2.21. The van der Waals surface area contributed by atoms with E-state index in [-0.39, 0.29) is 5.91 Å². The van der Waals surface area contributed by atoms with E-state index < -0.39 is 0 Å². The Morgan fingerprint density at radius 3 is 2.50 bits per heavy atom. The Hall–Kier alpha value is -3.92. The maximum atomic E-state index is 12.4. The van der Waals surface area contributed by atoms with Crippen LogP contribution in [0.2, 0.25) is 0 Å². The maximum Gasteiger partial charge on any atom is 0.255 e. The van der Waals surface area contributed by atoms with Gasteiger partial charge in [-0.2, -0.15) is 10.2 Å².